The highest BCUT2D eigenvalue weighted by Gasteiger charge is 2.37. The Bertz CT molecular complexity index is 1520. The summed E-state index contributed by atoms with van der Waals surface area (Å²) in [6.07, 6.45) is 5.64. The molecule has 1 aliphatic heterocycles. The number of carbonyl (C=O) groups excluding carboxylic acids is 1. The number of rotatable bonds is 4. The summed E-state index contributed by atoms with van der Waals surface area (Å²) in [6.45, 7) is 1.88. The summed E-state index contributed by atoms with van der Waals surface area (Å²) in [5.41, 5.74) is 8.18. The van der Waals surface area contributed by atoms with Gasteiger partial charge in [0.15, 0.2) is 0 Å². The summed E-state index contributed by atoms with van der Waals surface area (Å²) >= 11 is 0. The van der Waals surface area contributed by atoms with Crippen molar-refractivity contribution in [3.8, 4) is 5.75 Å². The quantitative estimate of drug-likeness (QED) is 0.179. The Morgan fingerprint density at radius 1 is 0.972 bits per heavy atom. The first-order valence-electron chi connectivity index (χ1n) is 12.3. The number of phenols is 1. The number of phenolic OH excluding ortho intramolecular Hbond substituents is 1. The Hall–Kier alpha value is -4.38. The number of fused-ring (bicyclic) bond motifs is 4. The van der Waals surface area contributed by atoms with E-state index in [1.165, 1.54) is 11.1 Å². The van der Waals surface area contributed by atoms with Crippen LogP contribution in [0.5, 0.6) is 5.75 Å². The molecule has 3 N–H and O–H groups in total. The minimum atomic E-state index is -0.443. The van der Waals surface area contributed by atoms with E-state index in [1.54, 1.807) is 12.1 Å². The van der Waals surface area contributed by atoms with Crippen LogP contribution < -0.4 is 10.7 Å². The highest BCUT2D eigenvalue weighted by Crippen LogP contribution is 2.49. The van der Waals surface area contributed by atoms with Gasteiger partial charge in [-0.05, 0) is 71.0 Å². The summed E-state index contributed by atoms with van der Waals surface area (Å²) in [5.74, 6) is 0.291. The van der Waals surface area contributed by atoms with Gasteiger partial charge in [-0.15, -0.1) is 0 Å². The van der Waals surface area contributed by atoms with Crippen molar-refractivity contribution >= 4 is 28.1 Å². The number of amides is 1. The number of hydrogen-bond acceptors (Lipinski definition) is 4. The maximum Gasteiger partial charge on any atom is 0.275 e. The third-order valence-corrected chi connectivity index (χ3v) is 7.37. The Morgan fingerprint density at radius 2 is 1.72 bits per heavy atom. The molecule has 1 aliphatic carbocycles. The van der Waals surface area contributed by atoms with Crippen molar-refractivity contribution in [1.82, 2.24) is 5.43 Å². The second-order valence-electron chi connectivity index (χ2n) is 9.54. The van der Waals surface area contributed by atoms with Crippen LogP contribution in [0.3, 0.4) is 0 Å². The Balaban J connectivity index is 1.25. The van der Waals surface area contributed by atoms with Gasteiger partial charge in [0.05, 0.1) is 17.3 Å². The molecule has 1 heterocycles. The monoisotopic (exact) mass is 473 g/mol. The van der Waals surface area contributed by atoms with E-state index in [1.807, 2.05) is 37.3 Å². The summed E-state index contributed by atoms with van der Waals surface area (Å²) < 4.78 is 0. The van der Waals surface area contributed by atoms with E-state index in [4.69, 9.17) is 0 Å². The molecule has 0 saturated heterocycles. The van der Waals surface area contributed by atoms with Gasteiger partial charge in [0.1, 0.15) is 5.75 Å². The second kappa shape index (κ2) is 9.00. The van der Waals surface area contributed by atoms with E-state index in [9.17, 15) is 9.90 Å². The minimum absolute atomic E-state index is 0.0639. The first-order valence-corrected chi connectivity index (χ1v) is 12.3. The van der Waals surface area contributed by atoms with Crippen molar-refractivity contribution < 1.29 is 9.90 Å². The lowest BCUT2D eigenvalue weighted by molar-refractivity contribution is 0.0952. The maximum absolute atomic E-state index is 12.8. The number of nitrogens with one attached hydrogen (secondary N) is 2. The fourth-order valence-corrected chi connectivity index (χ4v) is 5.48. The molecule has 36 heavy (non-hydrogen) atoms. The van der Waals surface area contributed by atoms with Gasteiger partial charge in [0.2, 0.25) is 0 Å². The molecule has 0 bridgehead atoms. The fourth-order valence-electron chi connectivity index (χ4n) is 5.48. The van der Waals surface area contributed by atoms with Gasteiger partial charge in [-0.25, -0.2) is 5.43 Å². The molecule has 0 spiro atoms. The molecule has 178 valence electrons. The smallest absolute Gasteiger partial charge is 0.275 e. The van der Waals surface area contributed by atoms with E-state index in [0.717, 1.165) is 28.4 Å². The standard InChI is InChI=1S/C31H27N3O2/c1-19(33-34-31(36)27-17-22-10-5-6-11-23(22)18-29(27)35)21-14-15-28-26(16-21)24-12-7-13-25(24)30(32-28)20-8-3-2-4-9-20/h2-12,14-18,24-25,30,32,35H,13H2,1H3,(H,34,36). The van der Waals surface area contributed by atoms with Crippen molar-refractivity contribution in [2.45, 2.75) is 25.3 Å². The predicted octanol–water partition coefficient (Wildman–Crippen LogP) is 6.53. The van der Waals surface area contributed by atoms with Crippen LogP contribution in [0.25, 0.3) is 10.8 Å². The zero-order chi connectivity index (χ0) is 24.6. The van der Waals surface area contributed by atoms with Gasteiger partial charge in [0.25, 0.3) is 5.91 Å². The molecule has 6 rings (SSSR count). The lowest BCUT2D eigenvalue weighted by Crippen LogP contribution is -2.29. The highest BCUT2D eigenvalue weighted by atomic mass is 16.3. The maximum atomic E-state index is 12.8. The van der Waals surface area contributed by atoms with Gasteiger partial charge in [-0.3, -0.25) is 4.79 Å². The van der Waals surface area contributed by atoms with E-state index in [2.05, 4.69) is 70.5 Å². The molecule has 0 aromatic heterocycles. The molecule has 3 unspecified atom stereocenters. The van der Waals surface area contributed by atoms with E-state index >= 15 is 0 Å². The summed E-state index contributed by atoms with van der Waals surface area (Å²) in [7, 11) is 0. The molecule has 4 aromatic rings. The average molecular weight is 474 g/mol. The Kier molecular flexibility index (Phi) is 5.53. The van der Waals surface area contributed by atoms with Gasteiger partial charge in [-0.2, -0.15) is 5.10 Å². The molecule has 0 fully saturated rings. The number of benzene rings is 4. The molecular formula is C31H27N3O2. The van der Waals surface area contributed by atoms with Gasteiger partial charge < -0.3 is 10.4 Å². The molecule has 4 aromatic carbocycles. The Morgan fingerprint density at radius 3 is 2.53 bits per heavy atom. The molecule has 1 amide bonds. The molecule has 0 saturated carbocycles. The largest absolute Gasteiger partial charge is 0.507 e. The number of hydrogen-bond donors (Lipinski definition) is 3. The predicted molar refractivity (Wildman–Crippen MR) is 145 cm³/mol. The van der Waals surface area contributed by atoms with Crippen LogP contribution in [0, 0.1) is 5.92 Å². The van der Waals surface area contributed by atoms with Crippen LogP contribution in [-0.4, -0.2) is 16.7 Å². The van der Waals surface area contributed by atoms with Crippen molar-refractivity contribution in [2.75, 3.05) is 5.32 Å². The van der Waals surface area contributed by atoms with E-state index in [0.29, 0.717) is 17.5 Å². The number of anilines is 1. The highest BCUT2D eigenvalue weighted by molar-refractivity contribution is 6.04. The number of carbonyl (C=O) groups is 1. The Labute approximate surface area is 210 Å². The number of hydrazone groups is 1. The number of aromatic hydroxyl groups is 1. The summed E-state index contributed by atoms with van der Waals surface area (Å²) in [5, 5.41) is 20.2. The molecule has 5 heteroatoms. The van der Waals surface area contributed by atoms with Gasteiger partial charge in [0, 0.05) is 11.6 Å². The average Bonchev–Trinajstić information content (AvgIpc) is 3.41. The lowest BCUT2D eigenvalue weighted by atomic mass is 9.76. The number of nitrogens with zero attached hydrogens (tertiary/aromatic N) is 1. The molecule has 3 atom stereocenters. The van der Waals surface area contributed by atoms with Crippen LogP contribution >= 0.6 is 0 Å². The molecule has 5 nitrogen and oxygen atoms in total. The fraction of sp³-hybridized carbons (Fsp3) is 0.161. The minimum Gasteiger partial charge on any atom is -0.507 e. The van der Waals surface area contributed by atoms with Gasteiger partial charge in [-0.1, -0.05) is 72.8 Å². The van der Waals surface area contributed by atoms with Crippen LogP contribution in [0.1, 0.15) is 52.4 Å². The normalized spacial score (nSPS) is 20.5. The van der Waals surface area contributed by atoms with Gasteiger partial charge >= 0.3 is 0 Å². The second-order valence-corrected chi connectivity index (χ2v) is 9.54. The van der Waals surface area contributed by atoms with Crippen LogP contribution in [0.15, 0.2) is 102 Å². The van der Waals surface area contributed by atoms with Crippen LogP contribution in [0.4, 0.5) is 5.69 Å². The zero-order valence-corrected chi connectivity index (χ0v) is 20.0. The topological polar surface area (TPSA) is 73.7 Å². The lowest BCUT2D eigenvalue weighted by Gasteiger charge is -2.37. The summed E-state index contributed by atoms with van der Waals surface area (Å²) in [4.78, 5) is 12.8. The van der Waals surface area contributed by atoms with E-state index in [-0.39, 0.29) is 17.4 Å². The molecular weight excluding hydrogens is 446 g/mol. The zero-order valence-electron chi connectivity index (χ0n) is 20.0. The van der Waals surface area contributed by atoms with E-state index < -0.39 is 5.91 Å². The molecule has 0 radical (unpaired) electrons. The SMILES string of the molecule is CC(=NNC(=O)c1cc2ccccc2cc1O)c1ccc2c(c1)C1C=CCC1C(c1ccccc1)N2. The van der Waals surface area contributed by atoms with Crippen LogP contribution in [0.2, 0.25) is 0 Å². The van der Waals surface area contributed by atoms with Crippen molar-refractivity contribution in [3.05, 3.63) is 119 Å². The van der Waals surface area contributed by atoms with Crippen molar-refractivity contribution in [1.29, 1.82) is 0 Å². The first kappa shape index (κ1) is 22.1. The van der Waals surface area contributed by atoms with Crippen molar-refractivity contribution in [3.63, 3.8) is 0 Å². The first-order chi connectivity index (χ1) is 17.6. The number of allylic oxidation sites excluding steroid dienone is 2. The van der Waals surface area contributed by atoms with Crippen LogP contribution in [-0.2, 0) is 0 Å². The third kappa shape index (κ3) is 3.93. The summed E-state index contributed by atoms with van der Waals surface area (Å²) in [6, 6.07) is 28.1. The molecule has 2 aliphatic rings. The van der Waals surface area contributed by atoms with Crippen molar-refractivity contribution in [2.24, 2.45) is 11.0 Å². The third-order valence-electron chi connectivity index (χ3n) is 7.37.